The van der Waals surface area contributed by atoms with Crippen molar-refractivity contribution in [3.8, 4) is 5.75 Å². The maximum absolute atomic E-state index is 13.3. The highest BCUT2D eigenvalue weighted by Crippen LogP contribution is 2.29. The molecule has 5 nitrogen and oxygen atoms in total. The van der Waals surface area contributed by atoms with E-state index in [0.717, 1.165) is 14.0 Å². The lowest BCUT2D eigenvalue weighted by molar-refractivity contribution is -0.310. The standard InChI is InChI=1S/C13H9F5O5/c1-4(19)6(13(21)22-2)5(20)3-23-12-10(17)8(15)7(14)9(16)11(12)18/h20H,3H2,1-2H3/p-1. The highest BCUT2D eigenvalue weighted by Gasteiger charge is 2.27. The molecule has 0 heterocycles. The largest absolute Gasteiger partial charge is 0.873 e. The van der Waals surface area contributed by atoms with E-state index < -0.39 is 64.5 Å². The van der Waals surface area contributed by atoms with Gasteiger partial charge in [-0.1, -0.05) is 5.76 Å². The second kappa shape index (κ2) is 7.07. The minimum absolute atomic E-state index is 0.836. The number of Topliss-reactive ketones (excluding diaryl/α,β-unsaturated/α-hetero) is 1. The molecule has 0 atom stereocenters. The Morgan fingerprint density at radius 1 is 0.957 bits per heavy atom. The fourth-order valence-electron chi connectivity index (χ4n) is 1.48. The van der Waals surface area contributed by atoms with Crippen LogP contribution >= 0.6 is 0 Å². The molecule has 0 aromatic heterocycles. The number of hydrogen-bond acceptors (Lipinski definition) is 5. The Morgan fingerprint density at radius 3 is 1.78 bits per heavy atom. The van der Waals surface area contributed by atoms with Crippen molar-refractivity contribution in [3.05, 3.63) is 40.4 Å². The first-order valence-corrected chi connectivity index (χ1v) is 5.77. The number of carbonyl (C=O) groups excluding carboxylic acids is 2. The number of ketones is 1. The summed E-state index contributed by atoms with van der Waals surface area (Å²) in [5, 5.41) is 11.6. The first-order valence-electron chi connectivity index (χ1n) is 5.77. The second-order valence-electron chi connectivity index (χ2n) is 4.03. The molecule has 1 aromatic rings. The van der Waals surface area contributed by atoms with Crippen LogP contribution < -0.4 is 9.84 Å². The van der Waals surface area contributed by atoms with Gasteiger partial charge in [0.1, 0.15) is 6.61 Å². The lowest BCUT2D eigenvalue weighted by Crippen LogP contribution is -2.25. The van der Waals surface area contributed by atoms with Crippen molar-refractivity contribution in [2.75, 3.05) is 13.7 Å². The maximum atomic E-state index is 13.3. The summed E-state index contributed by atoms with van der Waals surface area (Å²) in [7, 11) is 0.865. The average molecular weight is 339 g/mol. The van der Waals surface area contributed by atoms with Gasteiger partial charge in [-0.25, -0.2) is 18.0 Å². The zero-order valence-electron chi connectivity index (χ0n) is 11.6. The van der Waals surface area contributed by atoms with Gasteiger partial charge in [-0.15, -0.1) is 0 Å². The van der Waals surface area contributed by atoms with E-state index in [2.05, 4.69) is 9.47 Å². The molecule has 1 rings (SSSR count). The summed E-state index contributed by atoms with van der Waals surface area (Å²) in [6.45, 7) is -0.481. The van der Waals surface area contributed by atoms with Crippen molar-refractivity contribution < 1.29 is 46.1 Å². The summed E-state index contributed by atoms with van der Waals surface area (Å²) in [4.78, 5) is 22.4. The number of rotatable bonds is 5. The van der Waals surface area contributed by atoms with Crippen LogP contribution in [0.2, 0.25) is 0 Å². The van der Waals surface area contributed by atoms with Crippen LogP contribution in [0.1, 0.15) is 6.92 Å². The van der Waals surface area contributed by atoms with Crippen molar-refractivity contribution in [2.24, 2.45) is 0 Å². The SMILES string of the molecule is COC(=O)C(C(C)=O)=C([O-])COc1c(F)c(F)c(F)c(F)c1F. The van der Waals surface area contributed by atoms with Crippen LogP contribution in [0, 0.1) is 29.1 Å². The summed E-state index contributed by atoms with van der Waals surface area (Å²) in [5.74, 6) is -16.9. The van der Waals surface area contributed by atoms with Gasteiger partial charge < -0.3 is 14.6 Å². The molecule has 0 fully saturated rings. The Hall–Kier alpha value is -2.65. The van der Waals surface area contributed by atoms with Crippen LogP contribution in [-0.4, -0.2) is 25.5 Å². The zero-order chi connectivity index (χ0) is 17.9. The molecule has 1 aromatic carbocycles. The molecule has 0 spiro atoms. The Bertz CT molecular complexity index is 669. The fraction of sp³-hybridized carbons (Fsp3) is 0.231. The molecule has 0 aliphatic heterocycles. The predicted octanol–water partition coefficient (Wildman–Crippen LogP) is 1.14. The Labute approximate surface area is 125 Å². The number of esters is 1. The molecule has 0 radical (unpaired) electrons. The third kappa shape index (κ3) is 3.58. The minimum atomic E-state index is -2.40. The van der Waals surface area contributed by atoms with Gasteiger partial charge in [0.2, 0.25) is 29.1 Å². The Kier molecular flexibility index (Phi) is 5.66. The molecule has 0 aliphatic rings. The molecule has 0 bridgehead atoms. The maximum Gasteiger partial charge on any atom is 0.340 e. The van der Waals surface area contributed by atoms with Crippen molar-refractivity contribution >= 4 is 11.8 Å². The zero-order valence-corrected chi connectivity index (χ0v) is 11.6. The second-order valence-corrected chi connectivity index (χ2v) is 4.03. The van der Waals surface area contributed by atoms with Crippen molar-refractivity contribution in [1.82, 2.24) is 0 Å². The number of methoxy groups -OCH3 is 1. The van der Waals surface area contributed by atoms with E-state index in [0.29, 0.717) is 0 Å². The Morgan fingerprint density at radius 2 is 1.39 bits per heavy atom. The third-order valence-corrected chi connectivity index (χ3v) is 2.54. The first kappa shape index (κ1) is 18.4. The smallest absolute Gasteiger partial charge is 0.340 e. The topological polar surface area (TPSA) is 75.7 Å². The van der Waals surface area contributed by atoms with Crippen LogP contribution in [0.3, 0.4) is 0 Å². The van der Waals surface area contributed by atoms with E-state index in [4.69, 9.17) is 0 Å². The summed E-state index contributed by atoms with van der Waals surface area (Å²) < 4.78 is 73.7. The highest BCUT2D eigenvalue weighted by atomic mass is 19.2. The normalized spacial score (nSPS) is 11.8. The average Bonchev–Trinajstić information content (AvgIpc) is 2.50. The molecule has 126 valence electrons. The van der Waals surface area contributed by atoms with Gasteiger partial charge in [0, 0.05) is 0 Å². The minimum Gasteiger partial charge on any atom is -0.873 e. The van der Waals surface area contributed by atoms with E-state index >= 15 is 0 Å². The molecular formula is C13H8F5O5-. The van der Waals surface area contributed by atoms with Crippen molar-refractivity contribution in [2.45, 2.75) is 6.92 Å². The van der Waals surface area contributed by atoms with Gasteiger partial charge in [-0.05, 0) is 6.92 Å². The van der Waals surface area contributed by atoms with E-state index in [1.54, 1.807) is 0 Å². The van der Waals surface area contributed by atoms with Gasteiger partial charge >= 0.3 is 5.97 Å². The predicted molar refractivity (Wildman–Crippen MR) is 61.4 cm³/mol. The van der Waals surface area contributed by atoms with Crippen LogP contribution in [0.4, 0.5) is 22.0 Å². The number of ether oxygens (including phenoxy) is 2. The van der Waals surface area contributed by atoms with Gasteiger partial charge in [0.05, 0.1) is 12.7 Å². The lowest BCUT2D eigenvalue weighted by atomic mass is 10.1. The molecular weight excluding hydrogens is 331 g/mol. The van der Waals surface area contributed by atoms with E-state index in [9.17, 15) is 36.6 Å². The molecule has 0 aliphatic carbocycles. The van der Waals surface area contributed by atoms with Crippen LogP contribution in [0.5, 0.6) is 5.75 Å². The number of carbonyl (C=O) groups is 2. The first-order chi connectivity index (χ1) is 10.6. The number of hydrogen-bond donors (Lipinski definition) is 0. The molecule has 23 heavy (non-hydrogen) atoms. The van der Waals surface area contributed by atoms with Gasteiger partial charge in [-0.3, -0.25) is 4.79 Å². The quantitative estimate of drug-likeness (QED) is 0.118. The van der Waals surface area contributed by atoms with Crippen molar-refractivity contribution in [3.63, 3.8) is 0 Å². The summed E-state index contributed by atoms with van der Waals surface area (Å²) in [6, 6.07) is 0. The molecule has 0 saturated carbocycles. The van der Waals surface area contributed by atoms with E-state index in [-0.39, 0.29) is 0 Å². The summed E-state index contributed by atoms with van der Waals surface area (Å²) in [6.07, 6.45) is 0. The highest BCUT2D eigenvalue weighted by molar-refractivity contribution is 6.16. The van der Waals surface area contributed by atoms with Gasteiger partial charge in [0.25, 0.3) is 0 Å². The summed E-state index contributed by atoms with van der Waals surface area (Å²) >= 11 is 0. The van der Waals surface area contributed by atoms with Gasteiger partial charge in [-0.2, -0.15) is 8.78 Å². The third-order valence-electron chi connectivity index (χ3n) is 2.54. The fourth-order valence-corrected chi connectivity index (χ4v) is 1.48. The lowest BCUT2D eigenvalue weighted by Gasteiger charge is -2.17. The number of benzene rings is 1. The monoisotopic (exact) mass is 339 g/mol. The van der Waals surface area contributed by atoms with Crippen LogP contribution in [-0.2, 0) is 14.3 Å². The molecule has 10 heteroatoms. The molecule has 0 unspecified atom stereocenters. The molecule has 0 N–H and O–H groups in total. The van der Waals surface area contributed by atoms with E-state index in [1.165, 1.54) is 0 Å². The van der Waals surface area contributed by atoms with Crippen LogP contribution in [0.15, 0.2) is 11.3 Å². The Balaban J connectivity index is 3.21. The van der Waals surface area contributed by atoms with Crippen LogP contribution in [0.25, 0.3) is 0 Å². The molecule has 0 amide bonds. The molecule has 0 saturated heterocycles. The summed E-state index contributed by atoms with van der Waals surface area (Å²) in [5.41, 5.74) is -1.00. The number of halogens is 5. The van der Waals surface area contributed by atoms with E-state index in [1.807, 2.05) is 0 Å². The van der Waals surface area contributed by atoms with Gasteiger partial charge in [0.15, 0.2) is 11.5 Å². The van der Waals surface area contributed by atoms with Crippen molar-refractivity contribution in [1.29, 1.82) is 0 Å².